The van der Waals surface area contributed by atoms with Gasteiger partial charge in [-0.1, -0.05) is 24.4 Å². The minimum atomic E-state index is -0.854. The van der Waals surface area contributed by atoms with Crippen LogP contribution in [0.25, 0.3) is 0 Å². The minimum Gasteiger partial charge on any atom is -0.409 e. The second kappa shape index (κ2) is 7.33. The lowest BCUT2D eigenvalue weighted by Crippen LogP contribution is -2.53. The van der Waals surface area contributed by atoms with Crippen LogP contribution in [0.3, 0.4) is 0 Å². The highest BCUT2D eigenvalue weighted by Crippen LogP contribution is 2.36. The van der Waals surface area contributed by atoms with E-state index >= 15 is 0 Å². The molecule has 1 unspecified atom stereocenters. The largest absolute Gasteiger partial charge is 0.409 e. The van der Waals surface area contributed by atoms with E-state index in [1.807, 2.05) is 13.8 Å². The first-order valence-electron chi connectivity index (χ1n) is 6.93. The molecule has 0 aromatic heterocycles. The molecule has 1 saturated carbocycles. The van der Waals surface area contributed by atoms with Gasteiger partial charge in [-0.2, -0.15) is 0 Å². The van der Waals surface area contributed by atoms with Gasteiger partial charge in [-0.25, -0.2) is 0 Å². The molecule has 110 valence electrons. The van der Waals surface area contributed by atoms with Crippen molar-refractivity contribution in [1.29, 1.82) is 0 Å². The lowest BCUT2D eigenvalue weighted by Gasteiger charge is -2.35. The molecular formula is C13H25N3O3. The molecule has 1 amide bonds. The van der Waals surface area contributed by atoms with E-state index in [4.69, 9.17) is 15.7 Å². The lowest BCUT2D eigenvalue weighted by molar-refractivity contribution is -0.130. The molecule has 1 aliphatic carbocycles. The Bertz CT molecular complexity index is 325. The Morgan fingerprint density at radius 3 is 2.63 bits per heavy atom. The number of rotatable bonds is 6. The zero-order valence-corrected chi connectivity index (χ0v) is 11.8. The van der Waals surface area contributed by atoms with Crippen LogP contribution in [0, 0.1) is 5.41 Å². The van der Waals surface area contributed by atoms with Gasteiger partial charge in [0.2, 0.25) is 5.91 Å². The van der Waals surface area contributed by atoms with Gasteiger partial charge >= 0.3 is 0 Å². The molecule has 0 radical (unpaired) electrons. The molecule has 1 atom stereocenters. The number of ether oxygens (including phenoxy) is 1. The van der Waals surface area contributed by atoms with Crippen molar-refractivity contribution in [2.75, 3.05) is 13.2 Å². The Morgan fingerprint density at radius 2 is 2.11 bits per heavy atom. The number of hydrogen-bond acceptors (Lipinski definition) is 4. The first kappa shape index (κ1) is 15.8. The number of hydrogen-bond donors (Lipinski definition) is 3. The quantitative estimate of drug-likeness (QED) is 0.293. The molecule has 0 spiro atoms. The summed E-state index contributed by atoms with van der Waals surface area (Å²) in [6.07, 6.45) is 4.20. The van der Waals surface area contributed by atoms with Crippen molar-refractivity contribution >= 4 is 11.7 Å². The molecule has 1 aliphatic rings. The topological polar surface area (TPSA) is 96.9 Å². The van der Waals surface area contributed by atoms with E-state index in [0.717, 1.165) is 19.3 Å². The van der Waals surface area contributed by atoms with Crippen LogP contribution >= 0.6 is 0 Å². The molecular weight excluding hydrogens is 246 g/mol. The van der Waals surface area contributed by atoms with E-state index in [1.54, 1.807) is 0 Å². The molecule has 0 heterocycles. The Hall–Kier alpha value is -1.30. The van der Waals surface area contributed by atoms with Gasteiger partial charge in [-0.05, 0) is 26.7 Å². The number of nitrogens with two attached hydrogens (primary N) is 1. The third kappa shape index (κ3) is 3.83. The number of oxime groups is 1. The average Bonchev–Trinajstić information content (AvgIpc) is 2.44. The van der Waals surface area contributed by atoms with E-state index in [2.05, 4.69) is 10.5 Å². The van der Waals surface area contributed by atoms with E-state index in [1.165, 1.54) is 0 Å². The molecule has 0 aliphatic heterocycles. The highest BCUT2D eigenvalue weighted by molar-refractivity contribution is 6.06. The summed E-state index contributed by atoms with van der Waals surface area (Å²) in [5, 5.41) is 14.9. The van der Waals surface area contributed by atoms with Gasteiger partial charge < -0.3 is 21.0 Å². The predicted molar refractivity (Wildman–Crippen MR) is 73.0 cm³/mol. The van der Waals surface area contributed by atoms with Crippen LogP contribution in [0.2, 0.25) is 0 Å². The number of nitrogens with one attached hydrogen (secondary N) is 1. The van der Waals surface area contributed by atoms with Gasteiger partial charge in [0.05, 0.1) is 6.61 Å². The summed E-state index contributed by atoms with van der Waals surface area (Å²) in [4.78, 5) is 12.5. The van der Waals surface area contributed by atoms with Gasteiger partial charge in [-0.3, -0.25) is 4.79 Å². The molecule has 0 aromatic carbocycles. The summed E-state index contributed by atoms with van der Waals surface area (Å²) < 4.78 is 5.28. The van der Waals surface area contributed by atoms with Gasteiger partial charge in [-0.15, -0.1) is 0 Å². The van der Waals surface area contributed by atoms with Crippen LogP contribution in [0.5, 0.6) is 0 Å². The minimum absolute atomic E-state index is 0.0216. The molecule has 0 aromatic rings. The highest BCUT2D eigenvalue weighted by Gasteiger charge is 2.44. The predicted octanol–water partition coefficient (Wildman–Crippen LogP) is 1.22. The Labute approximate surface area is 114 Å². The smallest absolute Gasteiger partial charge is 0.234 e. The summed E-state index contributed by atoms with van der Waals surface area (Å²) >= 11 is 0. The zero-order chi connectivity index (χ0) is 14.3. The van der Waals surface area contributed by atoms with Crippen molar-refractivity contribution in [2.24, 2.45) is 16.3 Å². The number of amides is 1. The standard InChI is InChI=1S/C13H25N3O3/c1-3-19-9-10(2)15-12(17)13(11(14)16-18)7-5-4-6-8-13/h10,18H,3-9H2,1-2H3,(H2,14,16)(H,15,17). The van der Waals surface area contributed by atoms with Crippen LogP contribution in [-0.4, -0.2) is 36.2 Å². The maximum Gasteiger partial charge on any atom is 0.234 e. The number of amidine groups is 1. The second-order valence-electron chi connectivity index (χ2n) is 5.16. The van der Waals surface area contributed by atoms with Crippen molar-refractivity contribution in [3.05, 3.63) is 0 Å². The van der Waals surface area contributed by atoms with Crippen LogP contribution < -0.4 is 11.1 Å². The van der Waals surface area contributed by atoms with Crippen molar-refractivity contribution in [3.63, 3.8) is 0 Å². The van der Waals surface area contributed by atoms with Crippen molar-refractivity contribution < 1.29 is 14.7 Å². The molecule has 6 heteroatoms. The first-order valence-corrected chi connectivity index (χ1v) is 6.93. The number of nitrogens with zero attached hydrogens (tertiary/aromatic N) is 1. The van der Waals surface area contributed by atoms with Crippen LogP contribution in [-0.2, 0) is 9.53 Å². The average molecular weight is 271 g/mol. The molecule has 19 heavy (non-hydrogen) atoms. The van der Waals surface area contributed by atoms with Crippen molar-refractivity contribution in [3.8, 4) is 0 Å². The summed E-state index contributed by atoms with van der Waals surface area (Å²) in [5.41, 5.74) is 4.91. The van der Waals surface area contributed by atoms with Gasteiger partial charge in [0, 0.05) is 12.6 Å². The molecule has 4 N–H and O–H groups in total. The Kier molecular flexibility index (Phi) is 6.08. The first-order chi connectivity index (χ1) is 9.06. The Morgan fingerprint density at radius 1 is 1.47 bits per heavy atom. The summed E-state index contributed by atoms with van der Waals surface area (Å²) in [7, 11) is 0. The van der Waals surface area contributed by atoms with E-state index in [9.17, 15) is 4.79 Å². The fourth-order valence-corrected chi connectivity index (χ4v) is 2.55. The number of carbonyl (C=O) groups excluding carboxylic acids is 1. The maximum absolute atomic E-state index is 12.5. The zero-order valence-electron chi connectivity index (χ0n) is 11.8. The third-order valence-corrected chi connectivity index (χ3v) is 3.69. The lowest BCUT2D eigenvalue weighted by atomic mass is 9.72. The van der Waals surface area contributed by atoms with Gasteiger partial charge in [0.25, 0.3) is 0 Å². The fraction of sp³-hybridized carbons (Fsp3) is 0.846. The van der Waals surface area contributed by atoms with Crippen LogP contribution in [0.15, 0.2) is 5.16 Å². The van der Waals surface area contributed by atoms with Gasteiger partial charge in [0.1, 0.15) is 5.41 Å². The van der Waals surface area contributed by atoms with Crippen LogP contribution in [0.4, 0.5) is 0 Å². The molecule has 1 fully saturated rings. The summed E-state index contributed by atoms with van der Waals surface area (Å²) in [6.45, 7) is 4.88. The highest BCUT2D eigenvalue weighted by atomic mass is 16.5. The molecule has 6 nitrogen and oxygen atoms in total. The summed E-state index contributed by atoms with van der Waals surface area (Å²) in [5.74, 6) is -0.136. The van der Waals surface area contributed by atoms with Crippen molar-refractivity contribution in [2.45, 2.75) is 52.0 Å². The van der Waals surface area contributed by atoms with Crippen molar-refractivity contribution in [1.82, 2.24) is 5.32 Å². The second-order valence-corrected chi connectivity index (χ2v) is 5.16. The molecule has 1 rings (SSSR count). The van der Waals surface area contributed by atoms with E-state index in [-0.39, 0.29) is 17.8 Å². The maximum atomic E-state index is 12.5. The SMILES string of the molecule is CCOCC(C)NC(=O)C1(C(N)=NO)CCCCC1. The third-order valence-electron chi connectivity index (χ3n) is 3.69. The van der Waals surface area contributed by atoms with E-state index in [0.29, 0.717) is 26.1 Å². The van der Waals surface area contributed by atoms with Crippen LogP contribution in [0.1, 0.15) is 46.0 Å². The number of carbonyl (C=O) groups is 1. The fourth-order valence-electron chi connectivity index (χ4n) is 2.55. The molecule has 0 saturated heterocycles. The molecule has 0 bridgehead atoms. The van der Waals surface area contributed by atoms with E-state index < -0.39 is 5.41 Å². The summed E-state index contributed by atoms with van der Waals surface area (Å²) in [6, 6.07) is -0.0854. The monoisotopic (exact) mass is 271 g/mol. The normalized spacial score (nSPS) is 20.8. The Balaban J connectivity index is 2.72. The van der Waals surface area contributed by atoms with Gasteiger partial charge in [0.15, 0.2) is 5.84 Å².